The summed E-state index contributed by atoms with van der Waals surface area (Å²) in [7, 11) is -3.74. The fourth-order valence-electron chi connectivity index (χ4n) is 2.01. The van der Waals surface area contributed by atoms with Crippen molar-refractivity contribution in [3.05, 3.63) is 52.0 Å². The third-order valence-corrected chi connectivity index (χ3v) is 5.21. The van der Waals surface area contributed by atoms with Crippen molar-refractivity contribution in [1.82, 2.24) is 0 Å². The van der Waals surface area contributed by atoms with E-state index in [0.717, 1.165) is 11.1 Å². The fourth-order valence-corrected chi connectivity index (χ4v) is 3.73. The van der Waals surface area contributed by atoms with Crippen LogP contribution in [0.25, 0.3) is 0 Å². The second-order valence-corrected chi connectivity index (χ2v) is 7.06. The Hall–Kier alpha value is -1.72. The van der Waals surface area contributed by atoms with Crippen LogP contribution in [0.2, 0.25) is 5.02 Å². The van der Waals surface area contributed by atoms with Crippen LogP contribution in [0.1, 0.15) is 16.7 Å². The number of nitrogens with two attached hydrogens (primary N) is 1. The van der Waals surface area contributed by atoms with Crippen LogP contribution in [0.3, 0.4) is 0 Å². The normalized spacial score (nSPS) is 11.4. The lowest BCUT2D eigenvalue weighted by Crippen LogP contribution is -2.16. The summed E-state index contributed by atoms with van der Waals surface area (Å²) in [4.78, 5) is 0.0911. The zero-order valence-corrected chi connectivity index (χ0v) is 13.6. The number of hydrogen-bond donors (Lipinski definition) is 2. The van der Waals surface area contributed by atoms with Crippen LogP contribution < -0.4 is 10.5 Å². The van der Waals surface area contributed by atoms with Crippen molar-refractivity contribution in [2.75, 3.05) is 10.5 Å². The summed E-state index contributed by atoms with van der Waals surface area (Å²) in [5.41, 5.74) is 9.07. The first-order valence-corrected chi connectivity index (χ1v) is 8.23. The number of halogens is 1. The molecule has 0 atom stereocenters. The first-order valence-electron chi connectivity index (χ1n) is 6.37. The lowest BCUT2D eigenvalue weighted by Gasteiger charge is -2.14. The van der Waals surface area contributed by atoms with E-state index in [1.54, 1.807) is 19.1 Å². The van der Waals surface area contributed by atoms with Gasteiger partial charge in [-0.2, -0.15) is 0 Å². The molecule has 21 heavy (non-hydrogen) atoms. The molecule has 2 aromatic carbocycles. The van der Waals surface area contributed by atoms with E-state index in [1.807, 2.05) is 19.9 Å². The Morgan fingerprint density at radius 3 is 2.43 bits per heavy atom. The quantitative estimate of drug-likeness (QED) is 0.846. The van der Waals surface area contributed by atoms with Gasteiger partial charge in [0.15, 0.2) is 0 Å². The minimum atomic E-state index is -3.74. The molecule has 0 aromatic heterocycles. The number of benzene rings is 2. The molecule has 0 aliphatic rings. The summed E-state index contributed by atoms with van der Waals surface area (Å²) in [6.07, 6.45) is 0. The maximum atomic E-state index is 12.6. The summed E-state index contributed by atoms with van der Waals surface area (Å²) in [5, 5.41) is 0.291. The van der Waals surface area contributed by atoms with Gasteiger partial charge in [-0.3, -0.25) is 4.72 Å². The Morgan fingerprint density at radius 2 is 1.76 bits per heavy atom. The third kappa shape index (κ3) is 3.14. The summed E-state index contributed by atoms with van der Waals surface area (Å²) in [5.74, 6) is 0. The number of nitrogen functional groups attached to an aromatic ring is 1. The van der Waals surface area contributed by atoms with Crippen molar-refractivity contribution in [3.63, 3.8) is 0 Å². The molecule has 0 unspecified atom stereocenters. The van der Waals surface area contributed by atoms with E-state index in [4.69, 9.17) is 17.3 Å². The monoisotopic (exact) mass is 324 g/mol. The highest BCUT2D eigenvalue weighted by atomic mass is 35.5. The molecular formula is C15H17ClN2O2S. The summed E-state index contributed by atoms with van der Waals surface area (Å²) >= 11 is 5.92. The van der Waals surface area contributed by atoms with Crippen LogP contribution in [0.15, 0.2) is 35.2 Å². The molecule has 0 radical (unpaired) electrons. The van der Waals surface area contributed by atoms with Gasteiger partial charge in [-0.1, -0.05) is 23.7 Å². The Morgan fingerprint density at radius 1 is 1.10 bits per heavy atom. The van der Waals surface area contributed by atoms with Crippen LogP contribution in [-0.2, 0) is 10.0 Å². The van der Waals surface area contributed by atoms with E-state index in [0.29, 0.717) is 22.0 Å². The molecule has 4 nitrogen and oxygen atoms in total. The highest BCUT2D eigenvalue weighted by Crippen LogP contribution is 2.28. The molecule has 2 aromatic rings. The number of sulfonamides is 1. The predicted octanol–water partition coefficient (Wildman–Crippen LogP) is 3.65. The van der Waals surface area contributed by atoms with Gasteiger partial charge in [0.05, 0.1) is 10.6 Å². The molecule has 112 valence electrons. The molecule has 0 aliphatic heterocycles. The van der Waals surface area contributed by atoms with E-state index < -0.39 is 10.0 Å². The molecule has 0 aliphatic carbocycles. The largest absolute Gasteiger partial charge is 0.398 e. The smallest absolute Gasteiger partial charge is 0.262 e. The van der Waals surface area contributed by atoms with Gasteiger partial charge in [0, 0.05) is 10.7 Å². The molecule has 0 heterocycles. The molecular weight excluding hydrogens is 308 g/mol. The van der Waals surface area contributed by atoms with Crippen molar-refractivity contribution in [2.45, 2.75) is 25.7 Å². The molecule has 0 saturated heterocycles. The lowest BCUT2D eigenvalue weighted by molar-refractivity contribution is 0.600. The van der Waals surface area contributed by atoms with Gasteiger partial charge in [0.2, 0.25) is 0 Å². The van der Waals surface area contributed by atoms with Gasteiger partial charge < -0.3 is 5.73 Å². The second kappa shape index (κ2) is 5.58. The Bertz CT molecular complexity index is 802. The summed E-state index contributed by atoms with van der Waals surface area (Å²) in [6.45, 7) is 5.45. The second-order valence-electron chi connectivity index (χ2n) is 4.97. The summed E-state index contributed by atoms with van der Waals surface area (Å²) in [6, 6.07) is 8.40. The van der Waals surface area contributed by atoms with Crippen molar-refractivity contribution in [3.8, 4) is 0 Å². The number of anilines is 2. The van der Waals surface area contributed by atoms with E-state index in [1.165, 1.54) is 12.1 Å². The van der Waals surface area contributed by atoms with Gasteiger partial charge in [-0.05, 0) is 55.7 Å². The maximum absolute atomic E-state index is 12.6. The van der Waals surface area contributed by atoms with Crippen LogP contribution in [0.5, 0.6) is 0 Å². The zero-order valence-electron chi connectivity index (χ0n) is 12.1. The van der Waals surface area contributed by atoms with E-state index >= 15 is 0 Å². The van der Waals surface area contributed by atoms with Crippen molar-refractivity contribution in [2.24, 2.45) is 0 Å². The fraction of sp³-hybridized carbons (Fsp3) is 0.200. The minimum absolute atomic E-state index is 0.0911. The molecule has 2 rings (SSSR count). The molecule has 6 heteroatoms. The van der Waals surface area contributed by atoms with Gasteiger partial charge in [0.1, 0.15) is 0 Å². The standard InChI is InChI=1S/C15H17ClN2O2S/c1-9-5-4-6-14(10(9)2)18-21(19,20)15-8-12(16)7-13(17)11(15)3/h4-8,18H,17H2,1-3H3. The average molecular weight is 325 g/mol. The molecule has 0 fully saturated rings. The van der Waals surface area contributed by atoms with E-state index in [2.05, 4.69) is 4.72 Å². The minimum Gasteiger partial charge on any atom is -0.398 e. The molecule has 0 spiro atoms. The highest BCUT2D eigenvalue weighted by Gasteiger charge is 2.20. The Balaban J connectivity index is 2.51. The lowest BCUT2D eigenvalue weighted by atomic mass is 10.1. The highest BCUT2D eigenvalue weighted by molar-refractivity contribution is 7.92. The zero-order chi connectivity index (χ0) is 15.8. The van der Waals surface area contributed by atoms with E-state index in [-0.39, 0.29) is 4.90 Å². The van der Waals surface area contributed by atoms with Gasteiger partial charge >= 0.3 is 0 Å². The third-order valence-electron chi connectivity index (χ3n) is 3.50. The molecule has 0 saturated carbocycles. The van der Waals surface area contributed by atoms with Gasteiger partial charge in [-0.15, -0.1) is 0 Å². The van der Waals surface area contributed by atoms with Gasteiger partial charge in [0.25, 0.3) is 10.0 Å². The van der Waals surface area contributed by atoms with E-state index in [9.17, 15) is 8.42 Å². The van der Waals surface area contributed by atoms with Crippen molar-refractivity contribution < 1.29 is 8.42 Å². The SMILES string of the molecule is Cc1cccc(NS(=O)(=O)c2cc(Cl)cc(N)c2C)c1C. The Kier molecular flexibility index (Phi) is 4.16. The van der Waals surface area contributed by atoms with Crippen LogP contribution in [0, 0.1) is 20.8 Å². The van der Waals surface area contributed by atoms with Crippen LogP contribution >= 0.6 is 11.6 Å². The van der Waals surface area contributed by atoms with Crippen molar-refractivity contribution >= 4 is 33.0 Å². The number of rotatable bonds is 3. The average Bonchev–Trinajstić information content (AvgIpc) is 2.39. The number of aryl methyl sites for hydroxylation is 1. The first-order chi connectivity index (χ1) is 9.72. The maximum Gasteiger partial charge on any atom is 0.262 e. The molecule has 0 amide bonds. The topological polar surface area (TPSA) is 72.2 Å². The predicted molar refractivity (Wildman–Crippen MR) is 87.3 cm³/mol. The first kappa shape index (κ1) is 15.7. The van der Waals surface area contributed by atoms with Crippen LogP contribution in [0.4, 0.5) is 11.4 Å². The number of nitrogens with one attached hydrogen (secondary N) is 1. The van der Waals surface area contributed by atoms with Gasteiger partial charge in [-0.25, -0.2) is 8.42 Å². The Labute approximate surface area is 130 Å². The summed E-state index contributed by atoms with van der Waals surface area (Å²) < 4.78 is 27.7. The van der Waals surface area contributed by atoms with Crippen molar-refractivity contribution in [1.29, 1.82) is 0 Å². The number of hydrogen-bond acceptors (Lipinski definition) is 3. The molecule has 0 bridgehead atoms. The molecule has 3 N–H and O–H groups in total. The van der Waals surface area contributed by atoms with Crippen LogP contribution in [-0.4, -0.2) is 8.42 Å².